The summed E-state index contributed by atoms with van der Waals surface area (Å²) in [6.45, 7) is 1.64. The molecule has 0 radical (unpaired) electrons. The molecule has 3 heteroatoms. The molecule has 0 bridgehead atoms. The lowest BCUT2D eigenvalue weighted by Gasteiger charge is -2.01. The summed E-state index contributed by atoms with van der Waals surface area (Å²) in [5.74, 6) is -0.0519. The highest BCUT2D eigenvalue weighted by Crippen LogP contribution is 2.21. The second kappa shape index (κ2) is 3.05. The van der Waals surface area contributed by atoms with Gasteiger partial charge in [0.1, 0.15) is 5.75 Å². The molecule has 0 aromatic heterocycles. The third-order valence-corrected chi connectivity index (χ3v) is 1.59. The van der Waals surface area contributed by atoms with E-state index in [0.29, 0.717) is 17.4 Å². The summed E-state index contributed by atoms with van der Waals surface area (Å²) in [7, 11) is 0. The number of nitriles is 1. The maximum absolute atomic E-state index is 10.4. The van der Waals surface area contributed by atoms with Crippen LogP contribution in [0.15, 0.2) is 12.1 Å². The van der Waals surface area contributed by atoms with Crippen LogP contribution in [0, 0.1) is 18.3 Å². The minimum absolute atomic E-state index is 0.0519. The molecule has 0 amide bonds. The van der Waals surface area contributed by atoms with E-state index in [-0.39, 0.29) is 11.3 Å². The molecule has 0 atom stereocenters. The number of carbonyl (C=O) groups is 1. The first-order valence-electron chi connectivity index (χ1n) is 3.38. The van der Waals surface area contributed by atoms with Gasteiger partial charge in [-0.05, 0) is 24.6 Å². The van der Waals surface area contributed by atoms with E-state index < -0.39 is 0 Å². The molecule has 1 aromatic rings. The topological polar surface area (TPSA) is 61.1 Å². The van der Waals surface area contributed by atoms with E-state index in [1.165, 1.54) is 12.1 Å². The molecular formula is C9H7NO2. The van der Waals surface area contributed by atoms with Crippen molar-refractivity contribution in [3.8, 4) is 11.8 Å². The molecule has 0 aliphatic carbocycles. The lowest BCUT2D eigenvalue weighted by atomic mass is 10.1. The van der Waals surface area contributed by atoms with Crippen LogP contribution in [0.5, 0.6) is 5.75 Å². The Labute approximate surface area is 69.9 Å². The van der Waals surface area contributed by atoms with Gasteiger partial charge in [-0.25, -0.2) is 0 Å². The number of hydrogen-bond acceptors (Lipinski definition) is 3. The van der Waals surface area contributed by atoms with Crippen LogP contribution in [-0.2, 0) is 0 Å². The van der Waals surface area contributed by atoms with Crippen LogP contribution in [0.2, 0.25) is 0 Å². The molecule has 60 valence electrons. The highest BCUT2D eigenvalue weighted by Gasteiger charge is 2.04. The number of phenolic OH excluding ortho intramolecular Hbond substituents is 1. The average Bonchev–Trinajstić information content (AvgIpc) is 2.09. The van der Waals surface area contributed by atoms with Crippen LogP contribution in [-0.4, -0.2) is 11.4 Å². The van der Waals surface area contributed by atoms with Gasteiger partial charge in [-0.15, -0.1) is 0 Å². The molecule has 0 aliphatic heterocycles. The number of rotatable bonds is 1. The van der Waals surface area contributed by atoms with E-state index in [0.717, 1.165) is 0 Å². The first kappa shape index (κ1) is 8.28. The first-order valence-corrected chi connectivity index (χ1v) is 3.38. The Hall–Kier alpha value is -1.82. The third kappa shape index (κ3) is 1.28. The Bertz CT molecular complexity index is 364. The van der Waals surface area contributed by atoms with Crippen molar-refractivity contribution in [2.75, 3.05) is 0 Å². The van der Waals surface area contributed by atoms with Crippen molar-refractivity contribution in [1.82, 2.24) is 0 Å². The van der Waals surface area contributed by atoms with Gasteiger partial charge in [-0.3, -0.25) is 4.79 Å². The van der Waals surface area contributed by atoms with Crippen LogP contribution < -0.4 is 0 Å². The lowest BCUT2D eigenvalue weighted by Crippen LogP contribution is -1.87. The van der Waals surface area contributed by atoms with Crippen LogP contribution in [0.3, 0.4) is 0 Å². The molecule has 0 spiro atoms. The normalized spacial score (nSPS) is 9.00. The Morgan fingerprint density at radius 2 is 2.25 bits per heavy atom. The van der Waals surface area contributed by atoms with Gasteiger partial charge >= 0.3 is 0 Å². The molecule has 3 nitrogen and oxygen atoms in total. The monoisotopic (exact) mass is 161 g/mol. The highest BCUT2D eigenvalue weighted by molar-refractivity contribution is 5.80. The van der Waals surface area contributed by atoms with Crippen molar-refractivity contribution in [3.63, 3.8) is 0 Å². The van der Waals surface area contributed by atoms with Crippen molar-refractivity contribution in [1.29, 1.82) is 5.26 Å². The molecule has 0 fully saturated rings. The zero-order chi connectivity index (χ0) is 9.14. The van der Waals surface area contributed by atoms with Gasteiger partial charge in [0.2, 0.25) is 0 Å². The number of hydrogen-bond donors (Lipinski definition) is 1. The summed E-state index contributed by atoms with van der Waals surface area (Å²) in [6.07, 6.45) is 0.531. The second-order valence-electron chi connectivity index (χ2n) is 2.46. The number of phenols is 1. The highest BCUT2D eigenvalue weighted by atomic mass is 16.3. The maximum atomic E-state index is 10.4. The maximum Gasteiger partial charge on any atom is 0.153 e. The number of carbonyl (C=O) groups excluding carboxylic acids is 1. The molecule has 1 rings (SSSR count). The molecule has 0 saturated heterocycles. The fraction of sp³-hybridized carbons (Fsp3) is 0.111. The fourth-order valence-corrected chi connectivity index (χ4v) is 0.961. The van der Waals surface area contributed by atoms with Gasteiger partial charge < -0.3 is 5.11 Å². The summed E-state index contributed by atoms with van der Waals surface area (Å²) in [5.41, 5.74) is 1.08. The van der Waals surface area contributed by atoms with E-state index in [4.69, 9.17) is 5.26 Å². The number of nitrogens with zero attached hydrogens (tertiary/aromatic N) is 1. The van der Waals surface area contributed by atoms with Gasteiger partial charge in [0.05, 0.1) is 17.2 Å². The van der Waals surface area contributed by atoms with Crippen molar-refractivity contribution in [2.24, 2.45) is 0 Å². The second-order valence-corrected chi connectivity index (χ2v) is 2.46. The van der Waals surface area contributed by atoms with Crippen molar-refractivity contribution < 1.29 is 9.90 Å². The predicted octanol–water partition coefficient (Wildman–Crippen LogP) is 1.38. The van der Waals surface area contributed by atoms with E-state index in [9.17, 15) is 9.90 Å². The minimum Gasteiger partial charge on any atom is -0.507 e. The summed E-state index contributed by atoms with van der Waals surface area (Å²) in [6, 6.07) is 4.79. The quantitative estimate of drug-likeness (QED) is 0.633. The summed E-state index contributed by atoms with van der Waals surface area (Å²) >= 11 is 0. The van der Waals surface area contributed by atoms with E-state index in [1.54, 1.807) is 6.92 Å². The van der Waals surface area contributed by atoms with Crippen molar-refractivity contribution in [3.05, 3.63) is 28.8 Å². The molecule has 1 aromatic carbocycles. The molecule has 0 saturated carbocycles. The van der Waals surface area contributed by atoms with E-state index >= 15 is 0 Å². The molecular weight excluding hydrogens is 154 g/mol. The zero-order valence-corrected chi connectivity index (χ0v) is 6.53. The van der Waals surface area contributed by atoms with Crippen molar-refractivity contribution in [2.45, 2.75) is 6.92 Å². The van der Waals surface area contributed by atoms with Crippen LogP contribution >= 0.6 is 0 Å². The molecule has 1 N–H and O–H groups in total. The third-order valence-electron chi connectivity index (χ3n) is 1.59. The smallest absolute Gasteiger partial charge is 0.153 e. The predicted molar refractivity (Wildman–Crippen MR) is 42.9 cm³/mol. The summed E-state index contributed by atoms with van der Waals surface area (Å²) in [5, 5.41) is 17.8. The number of aromatic hydroxyl groups is 1. The number of aldehydes is 1. The molecule has 12 heavy (non-hydrogen) atoms. The Morgan fingerprint density at radius 1 is 1.58 bits per heavy atom. The Balaban J connectivity index is 3.41. The van der Waals surface area contributed by atoms with Gasteiger partial charge in [0.25, 0.3) is 0 Å². The van der Waals surface area contributed by atoms with Crippen molar-refractivity contribution >= 4 is 6.29 Å². The largest absolute Gasteiger partial charge is 0.507 e. The van der Waals surface area contributed by atoms with E-state index in [2.05, 4.69) is 0 Å². The zero-order valence-electron chi connectivity index (χ0n) is 6.53. The SMILES string of the molecule is Cc1cc(C#N)cc(C=O)c1O. The fourth-order valence-electron chi connectivity index (χ4n) is 0.961. The van der Waals surface area contributed by atoms with Gasteiger partial charge in [-0.2, -0.15) is 5.26 Å². The van der Waals surface area contributed by atoms with Gasteiger partial charge in [0, 0.05) is 0 Å². The molecule has 0 aliphatic rings. The Kier molecular flexibility index (Phi) is 2.11. The van der Waals surface area contributed by atoms with Gasteiger partial charge in [0.15, 0.2) is 6.29 Å². The number of aryl methyl sites for hydroxylation is 1. The molecule has 0 unspecified atom stereocenters. The first-order chi connectivity index (χ1) is 5.69. The minimum atomic E-state index is -0.0519. The van der Waals surface area contributed by atoms with Crippen LogP contribution in [0.4, 0.5) is 0 Å². The lowest BCUT2D eigenvalue weighted by molar-refractivity contribution is 0.112. The summed E-state index contributed by atoms with van der Waals surface area (Å²) < 4.78 is 0. The Morgan fingerprint density at radius 3 is 2.75 bits per heavy atom. The summed E-state index contributed by atoms with van der Waals surface area (Å²) in [4.78, 5) is 10.4. The van der Waals surface area contributed by atoms with Gasteiger partial charge in [-0.1, -0.05) is 0 Å². The van der Waals surface area contributed by atoms with Crippen LogP contribution in [0.25, 0.3) is 0 Å². The molecule has 0 heterocycles. The number of benzene rings is 1. The average molecular weight is 161 g/mol. The standard InChI is InChI=1S/C9H7NO2/c1-6-2-7(4-10)3-8(5-11)9(6)12/h2-3,5,12H,1H3. The van der Waals surface area contributed by atoms with E-state index in [1.807, 2.05) is 6.07 Å². The van der Waals surface area contributed by atoms with Crippen LogP contribution in [0.1, 0.15) is 21.5 Å².